The molecule has 4 amide bonds. The maximum Gasteiger partial charge on any atom is 0.419 e. The quantitative estimate of drug-likeness (QED) is 0.205. The summed E-state index contributed by atoms with van der Waals surface area (Å²) in [6, 6.07) is 11.4. The van der Waals surface area contributed by atoms with Crippen LogP contribution in [0.2, 0.25) is 0 Å². The smallest absolute Gasteiger partial charge is 0.419 e. The number of carbonyl (C=O) groups excluding carboxylic acids is 4. The van der Waals surface area contributed by atoms with Crippen LogP contribution in [-0.4, -0.2) is 145 Å². The van der Waals surface area contributed by atoms with Gasteiger partial charge < -0.3 is 38.8 Å². The normalized spacial score (nSPS) is 19.5. The first-order valence-electron chi connectivity index (χ1n) is 21.3. The van der Waals surface area contributed by atoms with Gasteiger partial charge in [0.05, 0.1) is 12.1 Å². The zero-order valence-corrected chi connectivity index (χ0v) is 35.7. The van der Waals surface area contributed by atoms with Crippen molar-refractivity contribution in [2.45, 2.75) is 97.2 Å². The monoisotopic (exact) mass is 834 g/mol. The molecular formula is C45H67N7O8. The number of nitrogens with one attached hydrogen (secondary N) is 1. The molecule has 4 aliphatic rings. The summed E-state index contributed by atoms with van der Waals surface area (Å²) in [6.45, 7) is 9.34. The number of carbonyl (C=O) groups is 4. The minimum Gasteiger partial charge on any atom is -0.464 e. The van der Waals surface area contributed by atoms with E-state index in [0.29, 0.717) is 69.2 Å². The van der Waals surface area contributed by atoms with Gasteiger partial charge in [-0.3, -0.25) is 19.1 Å². The second-order valence-electron chi connectivity index (χ2n) is 17.0. The van der Waals surface area contributed by atoms with E-state index >= 15 is 0 Å². The first kappa shape index (κ1) is 46.2. The van der Waals surface area contributed by atoms with E-state index in [9.17, 15) is 24.0 Å². The summed E-state index contributed by atoms with van der Waals surface area (Å²) in [5.74, 6) is -0.151. The van der Waals surface area contributed by atoms with Gasteiger partial charge in [-0.2, -0.15) is 0 Å². The van der Waals surface area contributed by atoms with Crippen LogP contribution in [0.25, 0.3) is 11.1 Å². The first-order chi connectivity index (χ1) is 28.3. The third-order valence-corrected chi connectivity index (χ3v) is 12.3. The molecule has 15 heteroatoms. The van der Waals surface area contributed by atoms with Crippen molar-refractivity contribution in [1.29, 1.82) is 0 Å². The molecule has 3 fully saturated rings. The van der Waals surface area contributed by atoms with Crippen LogP contribution in [0.1, 0.15) is 76.0 Å². The molecule has 2 aromatic carbocycles. The Balaban J connectivity index is 0.000000362. The number of ether oxygens (including phenoxy) is 2. The number of fused-ring (bicyclic) bond motifs is 2. The lowest BCUT2D eigenvalue weighted by atomic mass is 9.98. The lowest BCUT2D eigenvalue weighted by Gasteiger charge is -2.38. The summed E-state index contributed by atoms with van der Waals surface area (Å²) < 4.78 is 18.1. The average Bonchev–Trinajstić information content (AvgIpc) is 3.72. The number of benzene rings is 2. The fourth-order valence-electron chi connectivity index (χ4n) is 8.68. The lowest BCUT2D eigenvalue weighted by molar-refractivity contribution is -0.148. The predicted molar refractivity (Wildman–Crippen MR) is 232 cm³/mol. The van der Waals surface area contributed by atoms with Crippen LogP contribution >= 0.6 is 0 Å². The number of oxazole rings is 1. The molecule has 15 nitrogen and oxygen atoms in total. The van der Waals surface area contributed by atoms with Crippen LogP contribution in [0.3, 0.4) is 0 Å². The maximum atomic E-state index is 13.8. The van der Waals surface area contributed by atoms with E-state index in [1.165, 1.54) is 4.57 Å². The number of amides is 4. The Kier molecular flexibility index (Phi) is 16.2. The SMILES string of the molecule is C.CN(C)CCCOC(=O)[C@H]1CCCN1C.Cc1cc(C[C@@H](OC(=O)N2CCC(N3CCc4ccccc4NC3=O)CC2)C(=O)N2CCC(C)CC2)cc2oc(=O)n(C)c12. The van der Waals surface area contributed by atoms with Gasteiger partial charge >= 0.3 is 23.8 Å². The Morgan fingerprint density at radius 2 is 1.63 bits per heavy atom. The second-order valence-corrected chi connectivity index (χ2v) is 17.0. The minimum atomic E-state index is -1.00. The number of para-hydroxylation sites is 1. The number of rotatable bonds is 10. The van der Waals surface area contributed by atoms with Crippen molar-refractivity contribution in [3.05, 3.63) is 63.6 Å². The number of hydrogen-bond acceptors (Lipinski definition) is 10. The van der Waals surface area contributed by atoms with E-state index < -0.39 is 18.0 Å². The number of likely N-dealkylation sites (N-methyl/N-ethyl adjacent to an activating group) is 1. The Labute approximate surface area is 354 Å². The van der Waals surface area contributed by atoms with Gasteiger partial charge in [-0.25, -0.2) is 14.4 Å². The van der Waals surface area contributed by atoms with Crippen molar-refractivity contribution in [3.8, 4) is 0 Å². The summed E-state index contributed by atoms with van der Waals surface area (Å²) in [4.78, 5) is 73.5. The van der Waals surface area contributed by atoms with E-state index in [4.69, 9.17) is 13.9 Å². The first-order valence-corrected chi connectivity index (χ1v) is 21.3. The van der Waals surface area contributed by atoms with E-state index in [-0.39, 0.29) is 43.8 Å². The highest BCUT2D eigenvalue weighted by atomic mass is 16.6. The Hall–Kier alpha value is -4.89. The average molecular weight is 834 g/mol. The zero-order chi connectivity index (χ0) is 42.2. The standard InChI is InChI=1S/C33H41N5O6.C11H22N2O2.CH4/c1-21-8-13-36(14-9-21)30(39)28(20-23-18-22(2)29-27(19-23)43-32(41)35(29)3)44-33(42)37-15-11-25(12-16-37)38-17-10-24-6-4-5-7-26(24)34-31(38)40;1-12(2)7-5-9-15-11(14)10-6-4-8-13(10)3;/h4-7,18-19,21,25,28H,8-17,20H2,1-3H3,(H,34,40);10H,4-9H2,1-3H3;1H4/t28-;10-;/m11./s1. The molecule has 3 saturated heterocycles. The van der Waals surface area contributed by atoms with E-state index in [0.717, 1.165) is 74.0 Å². The minimum absolute atomic E-state index is 0. The van der Waals surface area contributed by atoms with Crippen LogP contribution in [0.4, 0.5) is 15.3 Å². The summed E-state index contributed by atoms with van der Waals surface area (Å²) in [5.41, 5.74) is 4.72. The molecule has 0 aliphatic carbocycles. The summed E-state index contributed by atoms with van der Waals surface area (Å²) in [5, 5.41) is 3.03. The molecule has 1 N–H and O–H groups in total. The molecule has 1 aromatic heterocycles. The van der Waals surface area contributed by atoms with Crippen molar-refractivity contribution in [2.24, 2.45) is 13.0 Å². The molecule has 2 atom stereocenters. The highest BCUT2D eigenvalue weighted by molar-refractivity contribution is 5.91. The van der Waals surface area contributed by atoms with Crippen molar-refractivity contribution in [3.63, 3.8) is 0 Å². The number of piperidine rings is 2. The lowest BCUT2D eigenvalue weighted by Crippen LogP contribution is -2.51. The van der Waals surface area contributed by atoms with Gasteiger partial charge in [-0.05, 0) is 121 Å². The molecular weight excluding hydrogens is 767 g/mol. The summed E-state index contributed by atoms with van der Waals surface area (Å²) >= 11 is 0. The van der Waals surface area contributed by atoms with Crippen molar-refractivity contribution in [2.75, 3.05) is 78.9 Å². The number of aryl methyl sites for hydroxylation is 2. The van der Waals surface area contributed by atoms with E-state index in [2.05, 4.69) is 22.0 Å². The molecule has 0 spiro atoms. The fourth-order valence-corrected chi connectivity index (χ4v) is 8.68. The van der Waals surface area contributed by atoms with Gasteiger partial charge in [0.25, 0.3) is 5.91 Å². The molecule has 5 heterocycles. The van der Waals surface area contributed by atoms with Crippen LogP contribution in [0, 0.1) is 12.8 Å². The predicted octanol–water partition coefficient (Wildman–Crippen LogP) is 5.51. The third kappa shape index (κ3) is 11.5. The van der Waals surface area contributed by atoms with Crippen LogP contribution in [-0.2, 0) is 39.0 Å². The van der Waals surface area contributed by atoms with Crippen molar-refractivity contribution < 1.29 is 33.1 Å². The maximum absolute atomic E-state index is 13.8. The van der Waals surface area contributed by atoms with E-state index in [1.807, 2.05) is 63.3 Å². The molecule has 330 valence electrons. The highest BCUT2D eigenvalue weighted by Crippen LogP contribution is 2.27. The van der Waals surface area contributed by atoms with Gasteiger partial charge in [0, 0.05) is 64.5 Å². The summed E-state index contributed by atoms with van der Waals surface area (Å²) in [6.07, 6.45) is 5.47. The number of anilines is 1. The number of hydrogen-bond donors (Lipinski definition) is 1. The number of nitrogens with zero attached hydrogens (tertiary/aromatic N) is 6. The van der Waals surface area contributed by atoms with Gasteiger partial charge in [0.15, 0.2) is 11.7 Å². The second kappa shape index (κ2) is 21.1. The fraction of sp³-hybridized carbons (Fsp3) is 0.622. The number of aromatic nitrogens is 1. The van der Waals surface area contributed by atoms with Crippen LogP contribution in [0.15, 0.2) is 45.6 Å². The Morgan fingerprint density at radius 1 is 0.933 bits per heavy atom. The molecule has 3 aromatic rings. The number of esters is 1. The molecule has 7 rings (SSSR count). The molecule has 0 radical (unpaired) electrons. The Morgan fingerprint density at radius 3 is 2.32 bits per heavy atom. The van der Waals surface area contributed by atoms with Gasteiger partial charge in [0.2, 0.25) is 0 Å². The van der Waals surface area contributed by atoms with Gasteiger partial charge in [-0.15, -0.1) is 0 Å². The largest absolute Gasteiger partial charge is 0.464 e. The van der Waals surface area contributed by atoms with E-state index in [1.54, 1.807) is 22.9 Å². The topological polar surface area (TPSA) is 150 Å². The van der Waals surface area contributed by atoms with Crippen LogP contribution in [0.5, 0.6) is 0 Å². The number of urea groups is 1. The van der Waals surface area contributed by atoms with Gasteiger partial charge in [0.1, 0.15) is 6.04 Å². The molecule has 60 heavy (non-hydrogen) atoms. The third-order valence-electron chi connectivity index (χ3n) is 12.3. The van der Waals surface area contributed by atoms with Crippen molar-refractivity contribution in [1.82, 2.24) is 29.1 Å². The van der Waals surface area contributed by atoms with Crippen molar-refractivity contribution >= 4 is 40.8 Å². The van der Waals surface area contributed by atoms with Crippen LogP contribution < -0.4 is 11.1 Å². The summed E-state index contributed by atoms with van der Waals surface area (Å²) in [7, 11) is 7.69. The molecule has 0 bridgehead atoms. The van der Waals surface area contributed by atoms with Gasteiger partial charge in [-0.1, -0.05) is 38.6 Å². The molecule has 0 saturated carbocycles. The number of likely N-dealkylation sites (tertiary alicyclic amines) is 3. The zero-order valence-electron chi connectivity index (χ0n) is 35.7. The highest BCUT2D eigenvalue weighted by Gasteiger charge is 2.36. The molecule has 4 aliphatic heterocycles. The molecule has 0 unspecified atom stereocenters. The Bertz CT molecular complexity index is 2000.